The number of amidine groups is 1. The Kier molecular flexibility index (Phi) is 12.7. The van der Waals surface area contributed by atoms with Gasteiger partial charge in [0.15, 0.2) is 11.5 Å². The number of anilines is 1. The summed E-state index contributed by atoms with van der Waals surface area (Å²) < 4.78 is 82.0. The fraction of sp³-hybridized carbons (Fsp3) is 0.250. The number of carbonyl (C=O) groups is 2. The molecule has 1 atom stereocenters. The molecule has 12 nitrogen and oxygen atoms in total. The summed E-state index contributed by atoms with van der Waals surface area (Å²) in [7, 11) is -4.25. The van der Waals surface area contributed by atoms with Gasteiger partial charge in [0.2, 0.25) is 0 Å². The van der Waals surface area contributed by atoms with Crippen molar-refractivity contribution < 1.29 is 50.1 Å². The Bertz CT molecular complexity index is 1600. The summed E-state index contributed by atoms with van der Waals surface area (Å²) >= 11 is 0. The summed E-state index contributed by atoms with van der Waals surface area (Å²) in [6, 6.07) is 14.7. The van der Waals surface area contributed by atoms with E-state index < -0.39 is 39.9 Å². The lowest BCUT2D eigenvalue weighted by molar-refractivity contribution is -0.192. The number of carboxylic acid groups (broad SMARTS) is 1. The van der Waals surface area contributed by atoms with E-state index in [4.69, 9.17) is 30.5 Å². The van der Waals surface area contributed by atoms with Crippen molar-refractivity contribution in [2.24, 2.45) is 5.73 Å². The van der Waals surface area contributed by atoms with Crippen LogP contribution in [0.25, 0.3) is 0 Å². The molecule has 7 N–H and O–H groups in total. The largest absolute Gasteiger partial charge is 0.490 e. The molecule has 0 aliphatic carbocycles. The minimum Gasteiger partial charge on any atom is -0.490 e. The van der Waals surface area contributed by atoms with E-state index in [1.807, 2.05) is 25.6 Å². The van der Waals surface area contributed by atoms with Gasteiger partial charge in [-0.15, -0.1) is 4.83 Å². The van der Waals surface area contributed by atoms with E-state index in [1.54, 1.807) is 42.5 Å². The molecule has 3 aromatic carbocycles. The highest BCUT2D eigenvalue weighted by Crippen LogP contribution is 2.33. The fourth-order valence-electron chi connectivity index (χ4n) is 3.42. The van der Waals surface area contributed by atoms with E-state index in [1.165, 1.54) is 12.1 Å². The zero-order chi connectivity index (χ0) is 33.9. The minimum atomic E-state index is -5.08. The molecule has 0 saturated heterocycles. The second-order valence-electron chi connectivity index (χ2n) is 9.23. The number of sulfonamides is 1. The molecule has 244 valence electrons. The van der Waals surface area contributed by atoms with Crippen molar-refractivity contribution in [3.05, 3.63) is 83.7 Å². The summed E-state index contributed by atoms with van der Waals surface area (Å²) in [4.78, 5) is 23.8. The maximum Gasteiger partial charge on any atom is 0.490 e. The van der Waals surface area contributed by atoms with E-state index in [2.05, 4.69) is 10.7 Å². The molecule has 0 saturated carbocycles. The number of nitrogen functional groups attached to an aromatic ring is 1. The number of carboxylic acids is 1. The number of hydrazine groups is 1. The number of hydrogen-bond donors (Lipinski definition) is 6. The van der Waals surface area contributed by atoms with Crippen LogP contribution in [-0.2, 0) is 19.6 Å². The van der Waals surface area contributed by atoms with Gasteiger partial charge in [-0.25, -0.2) is 17.6 Å². The number of carbonyl (C=O) groups excluding carboxylic acids is 1. The highest BCUT2D eigenvalue weighted by molar-refractivity contribution is 7.89. The average Bonchev–Trinajstić information content (AvgIpc) is 2.95. The van der Waals surface area contributed by atoms with Crippen LogP contribution in [-0.4, -0.2) is 50.1 Å². The monoisotopic (exact) mass is 657 g/mol. The van der Waals surface area contributed by atoms with Crippen molar-refractivity contribution in [1.82, 2.24) is 10.3 Å². The second kappa shape index (κ2) is 15.7. The minimum absolute atomic E-state index is 0.111. The zero-order valence-corrected chi connectivity index (χ0v) is 24.9. The highest BCUT2D eigenvalue weighted by Gasteiger charge is 2.38. The molecule has 3 rings (SSSR count). The maximum absolute atomic E-state index is 13.5. The van der Waals surface area contributed by atoms with Crippen molar-refractivity contribution in [2.75, 3.05) is 11.9 Å². The van der Waals surface area contributed by atoms with Gasteiger partial charge in [0, 0.05) is 11.3 Å². The Labute approximate surface area is 256 Å². The van der Waals surface area contributed by atoms with Crippen LogP contribution in [0, 0.1) is 11.2 Å². The molecule has 0 radical (unpaired) electrons. The molecule has 1 unspecified atom stereocenters. The average molecular weight is 658 g/mol. The molecule has 0 aliphatic heterocycles. The Morgan fingerprint density at radius 3 is 2.16 bits per heavy atom. The smallest absolute Gasteiger partial charge is 0.490 e. The lowest BCUT2D eigenvalue weighted by Gasteiger charge is -2.22. The highest BCUT2D eigenvalue weighted by atomic mass is 32.2. The van der Waals surface area contributed by atoms with Gasteiger partial charge in [0.25, 0.3) is 15.9 Å². The van der Waals surface area contributed by atoms with Gasteiger partial charge < -0.3 is 25.6 Å². The predicted octanol–water partition coefficient (Wildman–Crippen LogP) is 4.09. The lowest BCUT2D eigenvalue weighted by Crippen LogP contribution is -2.45. The van der Waals surface area contributed by atoms with Gasteiger partial charge in [-0.3, -0.25) is 15.6 Å². The predicted molar refractivity (Wildman–Crippen MR) is 156 cm³/mol. The molecular formula is C28H31F4N5O7S. The summed E-state index contributed by atoms with van der Waals surface area (Å²) in [6.45, 7) is 5.90. The van der Waals surface area contributed by atoms with Gasteiger partial charge >= 0.3 is 12.1 Å². The second-order valence-corrected chi connectivity index (χ2v) is 10.9. The normalized spacial score (nSPS) is 11.9. The van der Waals surface area contributed by atoms with Crippen molar-refractivity contribution in [2.45, 2.75) is 44.0 Å². The van der Waals surface area contributed by atoms with E-state index in [9.17, 15) is 30.8 Å². The number of alkyl halides is 3. The SMILES string of the molecule is CCOc1cc(C(Nc2ccc(C(=N)N)cc2)C(=O)NNS(=O)(=O)c2cccc(F)c2)ccc1OC(C)C.O=C(O)C(F)(F)F. The van der Waals surface area contributed by atoms with E-state index >= 15 is 0 Å². The van der Waals surface area contributed by atoms with Gasteiger partial charge in [0.1, 0.15) is 17.7 Å². The molecule has 0 fully saturated rings. The first-order chi connectivity index (χ1) is 20.9. The van der Waals surface area contributed by atoms with Crippen molar-refractivity contribution in [3.8, 4) is 11.5 Å². The van der Waals surface area contributed by atoms with Gasteiger partial charge in [-0.05, 0) is 80.9 Å². The van der Waals surface area contributed by atoms with Crippen LogP contribution in [0.2, 0.25) is 0 Å². The number of nitrogens with two attached hydrogens (primary N) is 1. The third-order valence-electron chi connectivity index (χ3n) is 5.39. The molecule has 0 spiro atoms. The third-order valence-corrected chi connectivity index (χ3v) is 6.64. The number of aliphatic carboxylic acids is 1. The molecule has 3 aromatic rings. The van der Waals surface area contributed by atoms with Crippen LogP contribution in [0.5, 0.6) is 11.5 Å². The molecule has 1 amide bonds. The van der Waals surface area contributed by atoms with Crippen LogP contribution < -0.4 is 30.8 Å². The molecule has 0 aliphatic rings. The summed E-state index contributed by atoms with van der Waals surface area (Å²) in [5.41, 5.74) is 9.16. The molecular weight excluding hydrogens is 626 g/mol. The van der Waals surface area contributed by atoms with Gasteiger partial charge in [-0.1, -0.05) is 12.1 Å². The maximum atomic E-state index is 13.5. The van der Waals surface area contributed by atoms with Gasteiger partial charge in [0.05, 0.1) is 17.6 Å². The molecule has 45 heavy (non-hydrogen) atoms. The molecule has 0 aromatic heterocycles. The summed E-state index contributed by atoms with van der Waals surface area (Å²) in [5.74, 6) is -3.46. The third kappa shape index (κ3) is 11.3. The van der Waals surface area contributed by atoms with E-state index in [-0.39, 0.29) is 16.8 Å². The van der Waals surface area contributed by atoms with Crippen molar-refractivity contribution in [1.29, 1.82) is 5.41 Å². The first-order valence-electron chi connectivity index (χ1n) is 13.0. The molecule has 17 heteroatoms. The Hall–Kier alpha value is -4.90. The molecule has 0 heterocycles. The van der Waals surface area contributed by atoms with Crippen LogP contribution in [0.15, 0.2) is 71.6 Å². The number of ether oxygens (including phenoxy) is 2. The number of halogens is 4. The quantitative estimate of drug-likeness (QED) is 0.0720. The lowest BCUT2D eigenvalue weighted by atomic mass is 10.0. The standard InChI is InChI=1S/C26H30FN5O5S.C2HF3O2/c1-4-36-23-14-18(10-13-22(23)37-16(2)3)24(30-20-11-8-17(9-12-20)25(28)29)26(33)31-32-38(34,35)21-7-5-6-19(27)15-21;3-2(4,5)1(6)7/h5-16,24,30,32H,4H2,1-3H3,(H3,28,29)(H,31,33);(H,6,7). The number of rotatable bonds is 12. The van der Waals surface area contributed by atoms with E-state index in [0.29, 0.717) is 34.9 Å². The Morgan fingerprint density at radius 2 is 1.64 bits per heavy atom. The number of hydrogen-bond acceptors (Lipinski definition) is 8. The van der Waals surface area contributed by atoms with Crippen molar-refractivity contribution >= 4 is 33.4 Å². The first kappa shape index (κ1) is 36.3. The molecule has 0 bridgehead atoms. The zero-order valence-electron chi connectivity index (χ0n) is 24.1. The Balaban J connectivity index is 0.000000900. The van der Waals surface area contributed by atoms with Crippen LogP contribution in [0.4, 0.5) is 23.2 Å². The van der Waals surface area contributed by atoms with Crippen LogP contribution >= 0.6 is 0 Å². The van der Waals surface area contributed by atoms with Crippen LogP contribution in [0.3, 0.4) is 0 Å². The van der Waals surface area contributed by atoms with Gasteiger partial charge in [-0.2, -0.15) is 13.2 Å². The summed E-state index contributed by atoms with van der Waals surface area (Å²) in [5, 5.41) is 17.7. The summed E-state index contributed by atoms with van der Waals surface area (Å²) in [6.07, 6.45) is -5.20. The number of benzene rings is 3. The topological polar surface area (TPSA) is 193 Å². The Morgan fingerprint density at radius 1 is 1.02 bits per heavy atom. The first-order valence-corrected chi connectivity index (χ1v) is 14.4. The fourth-order valence-corrected chi connectivity index (χ4v) is 4.30. The van der Waals surface area contributed by atoms with Crippen molar-refractivity contribution in [3.63, 3.8) is 0 Å². The number of nitrogens with one attached hydrogen (secondary N) is 4. The van der Waals surface area contributed by atoms with E-state index in [0.717, 1.165) is 12.1 Å². The number of amides is 1. The van der Waals surface area contributed by atoms with Crippen LogP contribution in [0.1, 0.15) is 37.9 Å².